The maximum absolute atomic E-state index is 4.82. The lowest BCUT2D eigenvalue weighted by Gasteiger charge is -2.25. The quantitative estimate of drug-likeness (QED) is 0.771. The minimum atomic E-state index is 0.748. The van der Waals surface area contributed by atoms with E-state index in [0.29, 0.717) is 0 Å². The fourth-order valence-electron chi connectivity index (χ4n) is 3.93. The van der Waals surface area contributed by atoms with Crippen LogP contribution in [0.5, 0.6) is 0 Å². The van der Waals surface area contributed by atoms with Gasteiger partial charge in [0.05, 0.1) is 17.9 Å². The molecule has 2 aliphatic heterocycles. The van der Waals surface area contributed by atoms with Gasteiger partial charge in [-0.2, -0.15) is 9.78 Å². The minimum Gasteiger partial charge on any atom is -0.372 e. The van der Waals surface area contributed by atoms with Gasteiger partial charge < -0.3 is 4.90 Å². The first-order valence-electron chi connectivity index (χ1n) is 10.4. The van der Waals surface area contributed by atoms with Gasteiger partial charge in [-0.1, -0.05) is 6.42 Å². The van der Waals surface area contributed by atoms with E-state index in [9.17, 15) is 0 Å². The number of hydrogen-bond donors (Lipinski definition) is 0. The zero-order valence-electron chi connectivity index (χ0n) is 17.1. The number of piperidine rings is 1. The summed E-state index contributed by atoms with van der Waals surface area (Å²) in [5.41, 5.74) is 3.83. The molecule has 2 aromatic rings. The molecule has 148 valence electrons. The summed E-state index contributed by atoms with van der Waals surface area (Å²) in [6.45, 7) is 11.4. The molecule has 1 aromatic heterocycles. The summed E-state index contributed by atoms with van der Waals surface area (Å²) in [4.78, 5) is 9.58. The molecule has 0 atom stereocenters. The molecule has 2 aliphatic rings. The van der Waals surface area contributed by atoms with Gasteiger partial charge in [0.15, 0.2) is 5.82 Å². The second kappa shape index (κ2) is 8.22. The first-order chi connectivity index (χ1) is 13.7. The van der Waals surface area contributed by atoms with Gasteiger partial charge in [0.1, 0.15) is 5.71 Å². The van der Waals surface area contributed by atoms with Crippen molar-refractivity contribution < 1.29 is 0 Å². The Morgan fingerprint density at radius 3 is 2.39 bits per heavy atom. The van der Waals surface area contributed by atoms with E-state index in [4.69, 9.17) is 4.99 Å². The van der Waals surface area contributed by atoms with Crippen LogP contribution < -0.4 is 4.90 Å². The Bertz CT molecular complexity index is 869. The van der Waals surface area contributed by atoms with Crippen molar-refractivity contribution >= 4 is 22.8 Å². The summed E-state index contributed by atoms with van der Waals surface area (Å²) in [5, 5.41) is 13.5. The fourth-order valence-corrected chi connectivity index (χ4v) is 3.93. The van der Waals surface area contributed by atoms with E-state index in [-0.39, 0.29) is 0 Å². The number of benzene rings is 1. The molecule has 1 fully saturated rings. The zero-order valence-corrected chi connectivity index (χ0v) is 17.1. The van der Waals surface area contributed by atoms with Gasteiger partial charge in [0.2, 0.25) is 5.82 Å². The summed E-state index contributed by atoms with van der Waals surface area (Å²) < 4.78 is 1.87. The van der Waals surface area contributed by atoms with Crippen molar-refractivity contribution in [2.24, 2.45) is 10.1 Å². The Labute approximate surface area is 166 Å². The number of nitrogens with zero attached hydrogens (tertiary/aromatic N) is 7. The molecule has 7 nitrogen and oxygen atoms in total. The van der Waals surface area contributed by atoms with Crippen LogP contribution in [0.3, 0.4) is 0 Å². The third-order valence-electron chi connectivity index (χ3n) is 5.54. The van der Waals surface area contributed by atoms with Crippen molar-refractivity contribution in [2.75, 3.05) is 31.1 Å². The molecule has 28 heavy (non-hydrogen) atoms. The number of anilines is 1. The Kier molecular flexibility index (Phi) is 5.52. The number of rotatable bonds is 6. The summed E-state index contributed by atoms with van der Waals surface area (Å²) in [5.74, 6) is 1.65. The normalized spacial score (nSPS) is 18.4. The minimum absolute atomic E-state index is 0.748. The highest BCUT2D eigenvalue weighted by molar-refractivity contribution is 6.48. The highest BCUT2D eigenvalue weighted by Gasteiger charge is 2.26. The summed E-state index contributed by atoms with van der Waals surface area (Å²) in [6, 6.07) is 8.36. The van der Waals surface area contributed by atoms with Crippen molar-refractivity contribution in [3.8, 4) is 0 Å². The van der Waals surface area contributed by atoms with Crippen molar-refractivity contribution in [1.82, 2.24) is 19.8 Å². The molecule has 4 rings (SSSR count). The number of likely N-dealkylation sites (tertiary alicyclic amines) is 1. The fraction of sp³-hybridized carbons (Fsp3) is 0.524. The van der Waals surface area contributed by atoms with Crippen LogP contribution in [0.4, 0.5) is 11.4 Å². The van der Waals surface area contributed by atoms with Crippen LogP contribution in [0.15, 0.2) is 34.4 Å². The molecular formula is C21H29N7. The van der Waals surface area contributed by atoms with Crippen molar-refractivity contribution in [1.29, 1.82) is 0 Å². The van der Waals surface area contributed by atoms with E-state index in [2.05, 4.69) is 63.2 Å². The van der Waals surface area contributed by atoms with Gasteiger partial charge in [0, 0.05) is 18.8 Å². The number of hydrogen-bond acceptors (Lipinski definition) is 6. The van der Waals surface area contributed by atoms with E-state index in [1.54, 1.807) is 0 Å². The molecule has 0 amide bonds. The summed E-state index contributed by atoms with van der Waals surface area (Å²) >= 11 is 0. The molecule has 0 N–H and O–H groups in total. The van der Waals surface area contributed by atoms with Gasteiger partial charge in [-0.05, 0) is 71.0 Å². The van der Waals surface area contributed by atoms with E-state index < -0.39 is 0 Å². The molecule has 0 spiro atoms. The predicted octanol–water partition coefficient (Wildman–Crippen LogP) is 3.47. The number of fused-ring (bicyclic) bond motifs is 1. The third-order valence-corrected chi connectivity index (χ3v) is 5.54. The van der Waals surface area contributed by atoms with Crippen LogP contribution in [0.25, 0.3) is 0 Å². The van der Waals surface area contributed by atoms with Crippen LogP contribution in [0, 0.1) is 0 Å². The van der Waals surface area contributed by atoms with Crippen LogP contribution in [-0.2, 0) is 6.54 Å². The first kappa shape index (κ1) is 18.8. The molecule has 0 radical (unpaired) electrons. The summed E-state index contributed by atoms with van der Waals surface area (Å²) in [6.07, 6.45) is 3.86. The Balaban J connectivity index is 1.55. The molecule has 3 heterocycles. The molecular weight excluding hydrogens is 350 g/mol. The van der Waals surface area contributed by atoms with Gasteiger partial charge in [-0.25, -0.2) is 4.99 Å². The van der Waals surface area contributed by atoms with Gasteiger partial charge >= 0.3 is 0 Å². The molecule has 7 heteroatoms. The zero-order chi connectivity index (χ0) is 19.5. The molecule has 0 aliphatic carbocycles. The second-order valence-corrected chi connectivity index (χ2v) is 7.42. The largest absolute Gasteiger partial charge is 0.372 e. The molecule has 0 unspecified atom stereocenters. The second-order valence-electron chi connectivity index (χ2n) is 7.42. The maximum Gasteiger partial charge on any atom is 0.205 e. The lowest BCUT2D eigenvalue weighted by Crippen LogP contribution is -2.30. The van der Waals surface area contributed by atoms with Crippen molar-refractivity contribution in [3.05, 3.63) is 35.9 Å². The SMILES string of the molecule is CCN(CC)c1ccc(N=C2C(C)=Nn3c(CN4CCCCC4)nnc32)cc1. The molecule has 0 saturated carbocycles. The van der Waals surface area contributed by atoms with E-state index >= 15 is 0 Å². The summed E-state index contributed by atoms with van der Waals surface area (Å²) in [7, 11) is 0. The predicted molar refractivity (Wildman–Crippen MR) is 114 cm³/mol. The smallest absolute Gasteiger partial charge is 0.205 e. The Hall–Kier alpha value is -2.54. The standard InChI is InChI=1S/C21H29N7/c1-4-27(5-2)18-11-9-17(10-12-18)22-20-16(3)25-28-19(23-24-21(20)28)15-26-13-7-6-8-14-26/h9-12H,4-8,13-15H2,1-3H3. The van der Waals surface area contributed by atoms with Gasteiger partial charge in [-0.15, -0.1) is 10.2 Å². The van der Waals surface area contributed by atoms with Gasteiger partial charge in [-0.3, -0.25) is 4.90 Å². The number of aliphatic imine (C=N–C) groups is 1. The molecule has 1 aromatic carbocycles. The first-order valence-corrected chi connectivity index (χ1v) is 10.4. The van der Waals surface area contributed by atoms with E-state index in [1.165, 1.54) is 24.9 Å². The van der Waals surface area contributed by atoms with Crippen LogP contribution in [0.2, 0.25) is 0 Å². The van der Waals surface area contributed by atoms with Crippen LogP contribution in [-0.4, -0.2) is 57.4 Å². The Morgan fingerprint density at radius 2 is 1.71 bits per heavy atom. The van der Waals surface area contributed by atoms with Crippen molar-refractivity contribution in [2.45, 2.75) is 46.6 Å². The highest BCUT2D eigenvalue weighted by atomic mass is 15.5. The molecule has 1 saturated heterocycles. The van der Waals surface area contributed by atoms with E-state index in [0.717, 1.165) is 61.5 Å². The lowest BCUT2D eigenvalue weighted by molar-refractivity contribution is 0.213. The number of aromatic nitrogens is 3. The monoisotopic (exact) mass is 379 g/mol. The van der Waals surface area contributed by atoms with Crippen molar-refractivity contribution in [3.63, 3.8) is 0 Å². The Morgan fingerprint density at radius 1 is 1.00 bits per heavy atom. The van der Waals surface area contributed by atoms with Crippen LogP contribution >= 0.6 is 0 Å². The lowest BCUT2D eigenvalue weighted by atomic mass is 10.1. The topological polar surface area (TPSA) is 61.9 Å². The van der Waals surface area contributed by atoms with Crippen LogP contribution in [0.1, 0.15) is 51.7 Å². The average Bonchev–Trinajstić information content (AvgIpc) is 3.24. The van der Waals surface area contributed by atoms with E-state index in [1.807, 2.05) is 11.6 Å². The average molecular weight is 380 g/mol. The molecule has 0 bridgehead atoms. The maximum atomic E-state index is 4.82. The third kappa shape index (κ3) is 3.71. The highest BCUT2D eigenvalue weighted by Crippen LogP contribution is 2.23. The van der Waals surface area contributed by atoms with Gasteiger partial charge in [0.25, 0.3) is 0 Å².